The summed E-state index contributed by atoms with van der Waals surface area (Å²) in [5.41, 5.74) is 1.01. The fourth-order valence-electron chi connectivity index (χ4n) is 2.29. The fraction of sp³-hybridized carbons (Fsp3) is 0.125. The number of hydrogen-bond acceptors (Lipinski definition) is 3. The van der Waals surface area contributed by atoms with Crippen LogP contribution >= 0.6 is 23.2 Å². The molecule has 2 aromatic carbocycles. The summed E-state index contributed by atoms with van der Waals surface area (Å²) in [6.45, 7) is 2.03. The van der Waals surface area contributed by atoms with Crippen molar-refractivity contribution in [2.75, 3.05) is 5.32 Å². The summed E-state index contributed by atoms with van der Waals surface area (Å²) in [5, 5.41) is 14.5. The van der Waals surface area contributed by atoms with E-state index < -0.39 is 0 Å². The maximum atomic E-state index is 6.23. The second-order valence-corrected chi connectivity index (χ2v) is 5.54. The van der Waals surface area contributed by atoms with Crippen molar-refractivity contribution >= 4 is 39.8 Å². The third-order valence-corrected chi connectivity index (χ3v) is 3.99. The van der Waals surface area contributed by atoms with Crippen LogP contribution in [0.25, 0.3) is 10.8 Å². The molecule has 5 heteroatoms. The van der Waals surface area contributed by atoms with Crippen molar-refractivity contribution in [2.24, 2.45) is 0 Å². The van der Waals surface area contributed by atoms with Crippen molar-refractivity contribution in [3.63, 3.8) is 0 Å². The first-order valence-corrected chi connectivity index (χ1v) is 7.34. The van der Waals surface area contributed by atoms with Crippen molar-refractivity contribution in [1.29, 1.82) is 0 Å². The molecule has 1 heterocycles. The monoisotopic (exact) mass is 317 g/mol. The highest BCUT2D eigenvalue weighted by molar-refractivity contribution is 6.34. The highest BCUT2D eigenvalue weighted by Crippen LogP contribution is 2.30. The van der Waals surface area contributed by atoms with Gasteiger partial charge in [0.1, 0.15) is 0 Å². The van der Waals surface area contributed by atoms with Gasteiger partial charge >= 0.3 is 0 Å². The minimum Gasteiger partial charge on any atom is -0.361 e. The number of fused-ring (bicyclic) bond motifs is 1. The maximum Gasteiger partial charge on any atom is 0.159 e. The molecule has 0 saturated heterocycles. The van der Waals surface area contributed by atoms with E-state index in [4.69, 9.17) is 23.2 Å². The summed E-state index contributed by atoms with van der Waals surface area (Å²) in [6, 6.07) is 15.5. The predicted octanol–water partition coefficient (Wildman–Crippen LogP) is 5.11. The van der Waals surface area contributed by atoms with Gasteiger partial charge in [0.05, 0.1) is 6.04 Å². The van der Waals surface area contributed by atoms with Crippen molar-refractivity contribution in [2.45, 2.75) is 13.0 Å². The van der Waals surface area contributed by atoms with Gasteiger partial charge in [-0.25, -0.2) is 0 Å². The quantitative estimate of drug-likeness (QED) is 0.729. The summed E-state index contributed by atoms with van der Waals surface area (Å²) in [7, 11) is 0. The molecule has 3 rings (SSSR count). The molecule has 0 aliphatic carbocycles. The zero-order chi connectivity index (χ0) is 14.8. The third kappa shape index (κ3) is 2.80. The molecule has 0 spiro atoms. The molecule has 0 radical (unpaired) electrons. The average molecular weight is 318 g/mol. The van der Waals surface area contributed by atoms with Crippen LogP contribution in [0.5, 0.6) is 0 Å². The number of aromatic nitrogens is 2. The van der Waals surface area contributed by atoms with Crippen molar-refractivity contribution in [3.05, 3.63) is 64.3 Å². The van der Waals surface area contributed by atoms with Gasteiger partial charge in [-0.2, -0.15) is 0 Å². The Morgan fingerprint density at radius 3 is 2.33 bits per heavy atom. The highest BCUT2D eigenvalue weighted by atomic mass is 35.5. The van der Waals surface area contributed by atoms with Crippen LogP contribution in [-0.4, -0.2) is 10.2 Å². The molecule has 0 bridgehead atoms. The number of benzene rings is 2. The van der Waals surface area contributed by atoms with Crippen LogP contribution in [0.2, 0.25) is 10.2 Å². The first kappa shape index (κ1) is 14.1. The van der Waals surface area contributed by atoms with E-state index in [0.717, 1.165) is 21.4 Å². The van der Waals surface area contributed by atoms with Gasteiger partial charge in [-0.05, 0) is 18.6 Å². The normalized spacial score (nSPS) is 12.3. The van der Waals surface area contributed by atoms with Crippen LogP contribution in [0.15, 0.2) is 48.5 Å². The zero-order valence-corrected chi connectivity index (χ0v) is 12.9. The third-order valence-electron chi connectivity index (χ3n) is 3.37. The van der Waals surface area contributed by atoms with Gasteiger partial charge in [-0.15, -0.1) is 10.2 Å². The molecular formula is C16H13Cl2N3. The van der Waals surface area contributed by atoms with Gasteiger partial charge in [0, 0.05) is 15.8 Å². The topological polar surface area (TPSA) is 37.8 Å². The largest absolute Gasteiger partial charge is 0.361 e. The molecule has 1 aromatic heterocycles. The van der Waals surface area contributed by atoms with Crippen LogP contribution in [-0.2, 0) is 0 Å². The Kier molecular flexibility index (Phi) is 3.95. The minimum atomic E-state index is 0.0116. The second kappa shape index (κ2) is 5.88. The number of halogens is 2. The van der Waals surface area contributed by atoms with Crippen LogP contribution in [0.4, 0.5) is 5.82 Å². The summed E-state index contributed by atoms with van der Waals surface area (Å²) in [6.07, 6.45) is 0. The van der Waals surface area contributed by atoms with E-state index in [0.29, 0.717) is 11.0 Å². The van der Waals surface area contributed by atoms with Gasteiger partial charge < -0.3 is 5.32 Å². The van der Waals surface area contributed by atoms with E-state index in [-0.39, 0.29) is 6.04 Å². The van der Waals surface area contributed by atoms with Crippen molar-refractivity contribution in [1.82, 2.24) is 10.2 Å². The Balaban J connectivity index is 1.99. The van der Waals surface area contributed by atoms with Crippen molar-refractivity contribution in [3.8, 4) is 0 Å². The number of anilines is 1. The molecule has 0 fully saturated rings. The molecule has 1 unspecified atom stereocenters. The van der Waals surface area contributed by atoms with Gasteiger partial charge in [0.25, 0.3) is 0 Å². The summed E-state index contributed by atoms with van der Waals surface area (Å²) >= 11 is 12.3. The summed E-state index contributed by atoms with van der Waals surface area (Å²) in [5.74, 6) is 0.697. The second-order valence-electron chi connectivity index (χ2n) is 4.77. The lowest BCUT2D eigenvalue weighted by Crippen LogP contribution is -2.09. The zero-order valence-electron chi connectivity index (χ0n) is 11.3. The molecule has 3 nitrogen and oxygen atoms in total. The highest BCUT2D eigenvalue weighted by Gasteiger charge is 2.13. The summed E-state index contributed by atoms with van der Waals surface area (Å²) < 4.78 is 0. The Morgan fingerprint density at radius 2 is 1.57 bits per heavy atom. The van der Waals surface area contributed by atoms with Gasteiger partial charge in [-0.1, -0.05) is 65.7 Å². The lowest BCUT2D eigenvalue weighted by Gasteiger charge is -2.17. The van der Waals surface area contributed by atoms with E-state index in [1.165, 1.54) is 0 Å². The minimum absolute atomic E-state index is 0.0116. The lowest BCUT2D eigenvalue weighted by molar-refractivity contribution is 0.866. The smallest absolute Gasteiger partial charge is 0.159 e. The summed E-state index contributed by atoms with van der Waals surface area (Å²) in [4.78, 5) is 0. The number of nitrogens with one attached hydrogen (secondary N) is 1. The van der Waals surface area contributed by atoms with Crippen LogP contribution in [0.1, 0.15) is 18.5 Å². The fourth-order valence-corrected chi connectivity index (χ4v) is 2.79. The van der Waals surface area contributed by atoms with E-state index in [2.05, 4.69) is 15.5 Å². The van der Waals surface area contributed by atoms with E-state index in [1.807, 2.05) is 55.5 Å². The molecule has 0 saturated carbocycles. The Labute approximate surface area is 132 Å². The molecule has 21 heavy (non-hydrogen) atoms. The number of rotatable bonds is 3. The average Bonchev–Trinajstić information content (AvgIpc) is 2.51. The Morgan fingerprint density at radius 1 is 0.905 bits per heavy atom. The van der Waals surface area contributed by atoms with E-state index >= 15 is 0 Å². The first-order chi connectivity index (χ1) is 10.2. The molecule has 1 atom stereocenters. The van der Waals surface area contributed by atoms with Gasteiger partial charge in [0.2, 0.25) is 0 Å². The SMILES string of the molecule is CC(Nc1nnc(Cl)c2ccccc12)c1ccccc1Cl. The number of nitrogens with zero attached hydrogens (tertiary/aromatic N) is 2. The maximum absolute atomic E-state index is 6.23. The Bertz CT molecular complexity index is 789. The predicted molar refractivity (Wildman–Crippen MR) is 88.0 cm³/mol. The van der Waals surface area contributed by atoms with Gasteiger partial charge in [-0.3, -0.25) is 0 Å². The molecule has 3 aromatic rings. The molecular weight excluding hydrogens is 305 g/mol. The van der Waals surface area contributed by atoms with E-state index in [1.54, 1.807) is 0 Å². The van der Waals surface area contributed by atoms with Crippen LogP contribution in [0.3, 0.4) is 0 Å². The molecule has 0 aliphatic heterocycles. The standard InChI is InChI=1S/C16H13Cl2N3/c1-10(11-6-4-5-9-14(11)17)19-16-13-8-3-2-7-12(13)15(18)20-21-16/h2-10H,1H3,(H,19,21). The molecule has 0 amide bonds. The van der Waals surface area contributed by atoms with E-state index in [9.17, 15) is 0 Å². The van der Waals surface area contributed by atoms with Crippen LogP contribution < -0.4 is 5.32 Å². The van der Waals surface area contributed by atoms with Crippen LogP contribution in [0, 0.1) is 0 Å². The molecule has 106 valence electrons. The molecule has 0 aliphatic rings. The number of hydrogen-bond donors (Lipinski definition) is 1. The van der Waals surface area contributed by atoms with Crippen molar-refractivity contribution < 1.29 is 0 Å². The first-order valence-electron chi connectivity index (χ1n) is 6.58. The van der Waals surface area contributed by atoms with Gasteiger partial charge in [0.15, 0.2) is 11.0 Å². The molecule has 1 N–H and O–H groups in total. The lowest BCUT2D eigenvalue weighted by atomic mass is 10.1. The Hall–Kier alpha value is -1.84.